The van der Waals surface area contributed by atoms with Gasteiger partial charge in [0.25, 0.3) is 0 Å². The van der Waals surface area contributed by atoms with Crippen LogP contribution in [0.15, 0.2) is 30.5 Å². The molecule has 0 amide bonds. The molecular formula is C20H25FN6. The number of rotatable bonds is 4. The smallest absolute Gasteiger partial charge is 0.155 e. The maximum atomic E-state index is 14.6. The van der Waals surface area contributed by atoms with Crippen LogP contribution in [0.2, 0.25) is 0 Å². The van der Waals surface area contributed by atoms with Gasteiger partial charge in [-0.25, -0.2) is 14.4 Å². The zero-order chi connectivity index (χ0) is 19.0. The summed E-state index contributed by atoms with van der Waals surface area (Å²) < 4.78 is 14.6. The van der Waals surface area contributed by atoms with Crippen molar-refractivity contribution in [3.63, 3.8) is 0 Å². The molecule has 2 atom stereocenters. The lowest BCUT2D eigenvalue weighted by Crippen LogP contribution is -2.46. The first-order chi connectivity index (χ1) is 13.0. The first kappa shape index (κ1) is 17.9. The predicted molar refractivity (Wildman–Crippen MR) is 105 cm³/mol. The third kappa shape index (κ3) is 3.39. The fraction of sp³-hybridized carbons (Fsp3) is 0.450. The van der Waals surface area contributed by atoms with Gasteiger partial charge >= 0.3 is 0 Å². The lowest BCUT2D eigenvalue weighted by atomic mass is 9.85. The van der Waals surface area contributed by atoms with Crippen LogP contribution in [-0.4, -0.2) is 39.3 Å². The van der Waals surface area contributed by atoms with Gasteiger partial charge in [0.05, 0.1) is 0 Å². The molecule has 4 heterocycles. The Kier molecular flexibility index (Phi) is 4.78. The molecule has 7 heteroatoms. The third-order valence-electron chi connectivity index (χ3n) is 5.49. The van der Waals surface area contributed by atoms with Gasteiger partial charge in [-0.3, -0.25) is 5.10 Å². The van der Waals surface area contributed by atoms with Gasteiger partial charge in [0.15, 0.2) is 11.5 Å². The molecule has 0 radical (unpaired) electrons. The molecule has 3 N–H and O–H groups in total. The highest BCUT2D eigenvalue weighted by molar-refractivity contribution is 5.89. The van der Waals surface area contributed by atoms with Crippen LogP contribution >= 0.6 is 0 Å². The van der Waals surface area contributed by atoms with Crippen molar-refractivity contribution in [1.82, 2.24) is 20.2 Å². The number of hydrogen-bond acceptors (Lipinski definition) is 5. The number of nitrogens with zero attached hydrogens (tertiary/aromatic N) is 4. The molecule has 3 aromatic rings. The summed E-state index contributed by atoms with van der Waals surface area (Å²) in [6.45, 7) is 6.08. The minimum atomic E-state index is -0.386. The molecule has 142 valence electrons. The lowest BCUT2D eigenvalue weighted by molar-refractivity contribution is 0.296. The van der Waals surface area contributed by atoms with Gasteiger partial charge in [0, 0.05) is 30.7 Å². The number of anilines is 1. The van der Waals surface area contributed by atoms with E-state index < -0.39 is 0 Å². The first-order valence-electron chi connectivity index (χ1n) is 9.51. The van der Waals surface area contributed by atoms with Crippen LogP contribution in [0, 0.1) is 17.7 Å². The molecule has 0 bridgehead atoms. The summed E-state index contributed by atoms with van der Waals surface area (Å²) in [5.74, 6) is 1.25. The summed E-state index contributed by atoms with van der Waals surface area (Å²) in [4.78, 5) is 11.1. The number of pyridine rings is 2. The average Bonchev–Trinajstić information content (AvgIpc) is 3.12. The van der Waals surface area contributed by atoms with Crippen LogP contribution in [0.25, 0.3) is 22.4 Å². The molecule has 0 spiro atoms. The van der Waals surface area contributed by atoms with Gasteiger partial charge in [-0.15, -0.1) is 0 Å². The summed E-state index contributed by atoms with van der Waals surface area (Å²) in [5, 5.41) is 7.86. The quantitative estimate of drug-likeness (QED) is 0.738. The highest BCUT2D eigenvalue weighted by atomic mass is 19.1. The van der Waals surface area contributed by atoms with Crippen molar-refractivity contribution in [2.75, 3.05) is 18.0 Å². The van der Waals surface area contributed by atoms with E-state index in [-0.39, 0.29) is 17.6 Å². The molecule has 0 aliphatic carbocycles. The summed E-state index contributed by atoms with van der Waals surface area (Å²) in [5.41, 5.74) is 7.76. The number of halogens is 1. The Hall–Kier alpha value is -2.54. The normalized spacial score (nSPS) is 19.0. The Morgan fingerprint density at radius 2 is 2.11 bits per heavy atom. The zero-order valence-corrected chi connectivity index (χ0v) is 15.7. The lowest BCUT2D eigenvalue weighted by Gasteiger charge is -2.37. The van der Waals surface area contributed by atoms with Crippen molar-refractivity contribution >= 4 is 16.9 Å². The SMILES string of the molecule is CC(C)C(N)[C@@H]1CCCN(c2ccc(F)c(-c3n[nH]c4ncccc34)n2)C1. The second-order valence-corrected chi connectivity index (χ2v) is 7.64. The standard InChI is InChI=1S/C20H25FN6/c1-12(2)17(22)13-5-4-10-27(11-13)16-8-7-15(21)19(24-16)18-14-6-3-9-23-20(14)26-25-18/h3,6-9,12-13,17H,4-5,10-11,22H2,1-2H3,(H,23,25,26)/t13-,17?/m1/s1. The minimum Gasteiger partial charge on any atom is -0.356 e. The summed E-state index contributed by atoms with van der Waals surface area (Å²) in [6.07, 6.45) is 3.87. The number of aromatic amines is 1. The molecule has 3 aromatic heterocycles. The largest absolute Gasteiger partial charge is 0.356 e. The van der Waals surface area contributed by atoms with E-state index in [0.29, 0.717) is 23.2 Å². The molecule has 1 aliphatic heterocycles. The van der Waals surface area contributed by atoms with E-state index in [4.69, 9.17) is 5.73 Å². The number of fused-ring (bicyclic) bond motifs is 1. The van der Waals surface area contributed by atoms with Gasteiger partial charge < -0.3 is 10.6 Å². The van der Waals surface area contributed by atoms with Crippen molar-refractivity contribution in [3.05, 3.63) is 36.3 Å². The highest BCUT2D eigenvalue weighted by Gasteiger charge is 2.28. The second-order valence-electron chi connectivity index (χ2n) is 7.64. The summed E-state index contributed by atoms with van der Waals surface area (Å²) >= 11 is 0. The van der Waals surface area contributed by atoms with E-state index in [2.05, 4.69) is 38.9 Å². The molecule has 1 fully saturated rings. The summed E-state index contributed by atoms with van der Waals surface area (Å²) in [6, 6.07) is 7.06. The number of nitrogens with two attached hydrogens (primary N) is 1. The second kappa shape index (κ2) is 7.23. The van der Waals surface area contributed by atoms with Crippen molar-refractivity contribution in [1.29, 1.82) is 0 Å². The van der Waals surface area contributed by atoms with E-state index in [0.717, 1.165) is 37.1 Å². The first-order valence-corrected chi connectivity index (χ1v) is 9.51. The van der Waals surface area contributed by atoms with Crippen LogP contribution < -0.4 is 10.6 Å². The molecule has 1 saturated heterocycles. The number of H-pyrrole nitrogens is 1. The van der Waals surface area contributed by atoms with Crippen LogP contribution in [0.1, 0.15) is 26.7 Å². The Bertz CT molecular complexity index is 937. The number of piperidine rings is 1. The molecule has 6 nitrogen and oxygen atoms in total. The van der Waals surface area contributed by atoms with Gasteiger partial charge in [0.2, 0.25) is 0 Å². The average molecular weight is 368 g/mol. The van der Waals surface area contributed by atoms with Gasteiger partial charge in [-0.05, 0) is 48.9 Å². The van der Waals surface area contributed by atoms with Crippen molar-refractivity contribution in [2.45, 2.75) is 32.7 Å². The van der Waals surface area contributed by atoms with Crippen LogP contribution in [-0.2, 0) is 0 Å². The van der Waals surface area contributed by atoms with E-state index in [9.17, 15) is 4.39 Å². The van der Waals surface area contributed by atoms with Crippen molar-refractivity contribution < 1.29 is 4.39 Å². The fourth-order valence-electron chi connectivity index (χ4n) is 3.89. The maximum absolute atomic E-state index is 14.6. The minimum absolute atomic E-state index is 0.161. The third-order valence-corrected chi connectivity index (χ3v) is 5.49. The van der Waals surface area contributed by atoms with Crippen LogP contribution in [0.4, 0.5) is 10.2 Å². The Morgan fingerprint density at radius 3 is 2.93 bits per heavy atom. The highest BCUT2D eigenvalue weighted by Crippen LogP contribution is 2.30. The summed E-state index contributed by atoms with van der Waals surface area (Å²) in [7, 11) is 0. The Morgan fingerprint density at radius 1 is 1.26 bits per heavy atom. The van der Waals surface area contributed by atoms with Gasteiger partial charge in [0.1, 0.15) is 17.2 Å². The van der Waals surface area contributed by atoms with Gasteiger partial charge in [-0.1, -0.05) is 13.8 Å². The fourth-order valence-corrected chi connectivity index (χ4v) is 3.89. The van der Waals surface area contributed by atoms with E-state index in [1.807, 2.05) is 12.1 Å². The monoisotopic (exact) mass is 368 g/mol. The Labute approximate surface area is 158 Å². The van der Waals surface area contributed by atoms with Crippen LogP contribution in [0.3, 0.4) is 0 Å². The van der Waals surface area contributed by atoms with Crippen LogP contribution in [0.5, 0.6) is 0 Å². The topological polar surface area (TPSA) is 83.7 Å². The molecule has 1 aliphatic rings. The van der Waals surface area contributed by atoms with E-state index in [1.165, 1.54) is 6.07 Å². The van der Waals surface area contributed by atoms with Crippen molar-refractivity contribution in [3.8, 4) is 11.4 Å². The van der Waals surface area contributed by atoms with Crippen molar-refractivity contribution in [2.24, 2.45) is 17.6 Å². The number of aromatic nitrogens is 4. The molecule has 4 rings (SSSR count). The number of nitrogens with one attached hydrogen (secondary N) is 1. The predicted octanol–water partition coefficient (Wildman–Crippen LogP) is 3.36. The molecule has 1 unspecified atom stereocenters. The maximum Gasteiger partial charge on any atom is 0.155 e. The Balaban J connectivity index is 1.66. The molecule has 27 heavy (non-hydrogen) atoms. The zero-order valence-electron chi connectivity index (χ0n) is 15.7. The van der Waals surface area contributed by atoms with Gasteiger partial charge in [-0.2, -0.15) is 5.10 Å². The van der Waals surface area contributed by atoms with E-state index in [1.54, 1.807) is 12.3 Å². The molecule has 0 saturated carbocycles. The van der Waals surface area contributed by atoms with E-state index >= 15 is 0 Å². The molecular weight excluding hydrogens is 343 g/mol. The number of hydrogen-bond donors (Lipinski definition) is 2. The molecule has 0 aromatic carbocycles.